The summed E-state index contributed by atoms with van der Waals surface area (Å²) in [5.41, 5.74) is 2.56. The third-order valence-electron chi connectivity index (χ3n) is 3.79. The SMILES string of the molecule is COC(C(C)C)C(O)CCc1ccc2c(c1)CCO2. The van der Waals surface area contributed by atoms with E-state index in [-0.39, 0.29) is 6.10 Å². The zero-order valence-corrected chi connectivity index (χ0v) is 12.1. The number of aliphatic hydroxyl groups excluding tert-OH is 1. The molecule has 2 rings (SSSR count). The minimum atomic E-state index is -0.408. The largest absolute Gasteiger partial charge is 0.493 e. The molecule has 0 amide bonds. The maximum atomic E-state index is 10.2. The van der Waals surface area contributed by atoms with Crippen molar-refractivity contribution in [3.63, 3.8) is 0 Å². The van der Waals surface area contributed by atoms with E-state index in [0.717, 1.165) is 31.6 Å². The fourth-order valence-corrected chi connectivity index (χ4v) is 2.75. The summed E-state index contributed by atoms with van der Waals surface area (Å²) >= 11 is 0. The Bertz CT molecular complexity index is 414. The molecule has 2 unspecified atom stereocenters. The Morgan fingerprint density at radius 3 is 2.84 bits per heavy atom. The van der Waals surface area contributed by atoms with E-state index in [4.69, 9.17) is 9.47 Å². The molecule has 1 aromatic carbocycles. The van der Waals surface area contributed by atoms with Gasteiger partial charge in [0.1, 0.15) is 5.75 Å². The first kappa shape index (κ1) is 14.4. The zero-order valence-electron chi connectivity index (χ0n) is 12.1. The number of aryl methyl sites for hydroxylation is 1. The molecule has 1 heterocycles. The summed E-state index contributed by atoms with van der Waals surface area (Å²) in [4.78, 5) is 0. The minimum Gasteiger partial charge on any atom is -0.493 e. The van der Waals surface area contributed by atoms with E-state index in [1.54, 1.807) is 7.11 Å². The van der Waals surface area contributed by atoms with Gasteiger partial charge in [0.05, 0.1) is 18.8 Å². The predicted octanol–water partition coefficient (Wildman–Crippen LogP) is 2.59. The summed E-state index contributed by atoms with van der Waals surface area (Å²) in [6, 6.07) is 6.33. The lowest BCUT2D eigenvalue weighted by Gasteiger charge is -2.25. The summed E-state index contributed by atoms with van der Waals surface area (Å²) < 4.78 is 10.9. The first-order chi connectivity index (χ1) is 9.11. The maximum Gasteiger partial charge on any atom is 0.122 e. The van der Waals surface area contributed by atoms with Crippen molar-refractivity contribution >= 4 is 0 Å². The van der Waals surface area contributed by atoms with Crippen LogP contribution in [-0.4, -0.2) is 31.0 Å². The van der Waals surface area contributed by atoms with Crippen molar-refractivity contribution in [2.45, 2.75) is 45.3 Å². The Morgan fingerprint density at radius 2 is 2.16 bits per heavy atom. The van der Waals surface area contributed by atoms with Gasteiger partial charge in [0.15, 0.2) is 0 Å². The molecule has 0 bridgehead atoms. The van der Waals surface area contributed by atoms with E-state index in [1.807, 2.05) is 6.07 Å². The van der Waals surface area contributed by atoms with E-state index in [2.05, 4.69) is 26.0 Å². The normalized spacial score (nSPS) is 17.1. The summed E-state index contributed by atoms with van der Waals surface area (Å²) in [6.45, 7) is 4.94. The quantitative estimate of drug-likeness (QED) is 0.858. The third-order valence-corrected chi connectivity index (χ3v) is 3.79. The molecule has 106 valence electrons. The number of benzene rings is 1. The molecule has 0 aromatic heterocycles. The average molecular weight is 264 g/mol. The highest BCUT2D eigenvalue weighted by molar-refractivity contribution is 5.39. The van der Waals surface area contributed by atoms with Gasteiger partial charge in [0.2, 0.25) is 0 Å². The van der Waals surface area contributed by atoms with E-state index in [0.29, 0.717) is 5.92 Å². The molecule has 0 aliphatic carbocycles. The molecule has 0 saturated heterocycles. The zero-order chi connectivity index (χ0) is 13.8. The van der Waals surface area contributed by atoms with Crippen LogP contribution in [0.5, 0.6) is 5.75 Å². The molecule has 3 nitrogen and oxygen atoms in total. The van der Waals surface area contributed by atoms with Gasteiger partial charge in [-0.25, -0.2) is 0 Å². The van der Waals surface area contributed by atoms with Crippen molar-refractivity contribution in [1.82, 2.24) is 0 Å². The highest BCUT2D eigenvalue weighted by Crippen LogP contribution is 2.26. The van der Waals surface area contributed by atoms with Gasteiger partial charge in [-0.2, -0.15) is 0 Å². The van der Waals surface area contributed by atoms with Crippen molar-refractivity contribution < 1.29 is 14.6 Å². The summed E-state index contributed by atoms with van der Waals surface area (Å²) in [5.74, 6) is 1.34. The van der Waals surface area contributed by atoms with Crippen LogP contribution in [0.2, 0.25) is 0 Å². The molecule has 1 aliphatic rings. The lowest BCUT2D eigenvalue weighted by Crippen LogP contribution is -2.33. The first-order valence-electron chi connectivity index (χ1n) is 7.07. The minimum absolute atomic E-state index is 0.0854. The molecule has 0 saturated carbocycles. The standard InChI is InChI=1S/C16H24O3/c1-11(2)16(18-3)14(17)6-4-12-5-7-15-13(10-12)8-9-19-15/h5,7,10-11,14,16-17H,4,6,8-9H2,1-3H3. The second-order valence-electron chi connectivity index (χ2n) is 5.59. The number of aliphatic hydroxyl groups is 1. The monoisotopic (exact) mass is 264 g/mol. The molecule has 0 radical (unpaired) electrons. The van der Waals surface area contributed by atoms with E-state index >= 15 is 0 Å². The molecule has 1 aliphatic heterocycles. The van der Waals surface area contributed by atoms with Crippen LogP contribution >= 0.6 is 0 Å². The Hall–Kier alpha value is -1.06. The van der Waals surface area contributed by atoms with Gasteiger partial charge in [0.25, 0.3) is 0 Å². The second kappa shape index (κ2) is 6.40. The van der Waals surface area contributed by atoms with Crippen LogP contribution in [0.15, 0.2) is 18.2 Å². The predicted molar refractivity (Wildman–Crippen MR) is 75.6 cm³/mol. The number of fused-ring (bicyclic) bond motifs is 1. The average Bonchev–Trinajstić information content (AvgIpc) is 2.84. The molecule has 1 N–H and O–H groups in total. The molecule has 1 aromatic rings. The van der Waals surface area contributed by atoms with Crippen molar-refractivity contribution in [2.75, 3.05) is 13.7 Å². The van der Waals surface area contributed by atoms with Crippen LogP contribution in [0.4, 0.5) is 0 Å². The van der Waals surface area contributed by atoms with Crippen LogP contribution in [0.25, 0.3) is 0 Å². The smallest absolute Gasteiger partial charge is 0.122 e. The third kappa shape index (κ3) is 3.48. The van der Waals surface area contributed by atoms with Crippen molar-refractivity contribution in [2.24, 2.45) is 5.92 Å². The summed E-state index contributed by atoms with van der Waals surface area (Å²) in [5, 5.41) is 10.2. The van der Waals surface area contributed by atoms with Gasteiger partial charge in [-0.3, -0.25) is 0 Å². The number of hydrogen-bond acceptors (Lipinski definition) is 3. The summed E-state index contributed by atoms with van der Waals surface area (Å²) in [7, 11) is 1.67. The Labute approximate surface area is 115 Å². The van der Waals surface area contributed by atoms with Crippen molar-refractivity contribution in [3.05, 3.63) is 29.3 Å². The van der Waals surface area contributed by atoms with Gasteiger partial charge in [-0.05, 0) is 36.0 Å². The number of ether oxygens (including phenoxy) is 2. The Kier molecular flexibility index (Phi) is 4.83. The van der Waals surface area contributed by atoms with Gasteiger partial charge >= 0.3 is 0 Å². The Balaban J connectivity index is 1.91. The van der Waals surface area contributed by atoms with Crippen LogP contribution in [0.1, 0.15) is 31.4 Å². The highest BCUT2D eigenvalue weighted by atomic mass is 16.5. The van der Waals surface area contributed by atoms with Crippen LogP contribution in [0.3, 0.4) is 0 Å². The number of hydrogen-bond donors (Lipinski definition) is 1. The molecular weight excluding hydrogens is 240 g/mol. The first-order valence-corrected chi connectivity index (χ1v) is 7.07. The Morgan fingerprint density at radius 1 is 1.37 bits per heavy atom. The lowest BCUT2D eigenvalue weighted by molar-refractivity contribution is -0.0404. The molecule has 0 fully saturated rings. The second-order valence-corrected chi connectivity index (χ2v) is 5.59. The van der Waals surface area contributed by atoms with Gasteiger partial charge in [-0.15, -0.1) is 0 Å². The fourth-order valence-electron chi connectivity index (χ4n) is 2.75. The van der Waals surface area contributed by atoms with Crippen molar-refractivity contribution in [3.8, 4) is 5.75 Å². The van der Waals surface area contributed by atoms with E-state index in [9.17, 15) is 5.11 Å². The van der Waals surface area contributed by atoms with Crippen LogP contribution in [-0.2, 0) is 17.6 Å². The van der Waals surface area contributed by atoms with Gasteiger partial charge in [0, 0.05) is 13.5 Å². The highest BCUT2D eigenvalue weighted by Gasteiger charge is 2.22. The van der Waals surface area contributed by atoms with E-state index in [1.165, 1.54) is 11.1 Å². The van der Waals surface area contributed by atoms with Crippen LogP contribution in [0, 0.1) is 5.92 Å². The summed E-state index contributed by atoms with van der Waals surface area (Å²) in [6.07, 6.45) is 2.11. The van der Waals surface area contributed by atoms with Gasteiger partial charge < -0.3 is 14.6 Å². The number of rotatable bonds is 6. The maximum absolute atomic E-state index is 10.2. The molecule has 2 atom stereocenters. The molecule has 3 heteroatoms. The number of methoxy groups -OCH3 is 1. The molecular formula is C16H24O3. The van der Waals surface area contributed by atoms with Gasteiger partial charge in [-0.1, -0.05) is 26.0 Å². The molecule has 0 spiro atoms. The van der Waals surface area contributed by atoms with E-state index < -0.39 is 6.10 Å². The topological polar surface area (TPSA) is 38.7 Å². The molecule has 19 heavy (non-hydrogen) atoms. The van der Waals surface area contributed by atoms with Crippen molar-refractivity contribution in [1.29, 1.82) is 0 Å². The lowest BCUT2D eigenvalue weighted by atomic mass is 9.96. The fraction of sp³-hybridized carbons (Fsp3) is 0.625. The van der Waals surface area contributed by atoms with Crippen LogP contribution < -0.4 is 4.74 Å².